The minimum absolute atomic E-state index is 0.0606. The predicted octanol–water partition coefficient (Wildman–Crippen LogP) is 3.64. The summed E-state index contributed by atoms with van der Waals surface area (Å²) in [6, 6.07) is 9.28. The normalized spacial score (nSPS) is 16.8. The van der Waals surface area contributed by atoms with E-state index < -0.39 is 5.67 Å². The monoisotopic (exact) mass is 223 g/mol. The van der Waals surface area contributed by atoms with Gasteiger partial charge in [0, 0.05) is 6.54 Å². The molecule has 0 aliphatic rings. The Hall–Kier alpha value is -0.890. The molecule has 0 aromatic heterocycles. The van der Waals surface area contributed by atoms with Crippen LogP contribution in [0.4, 0.5) is 4.39 Å². The number of hydrogen-bond acceptors (Lipinski definition) is 1. The van der Waals surface area contributed by atoms with E-state index >= 15 is 0 Å². The van der Waals surface area contributed by atoms with E-state index in [1.54, 1.807) is 0 Å². The number of nitrogens with two attached hydrogens (primary N) is 1. The number of benzene rings is 1. The van der Waals surface area contributed by atoms with E-state index in [2.05, 4.69) is 13.8 Å². The number of hydrogen-bond donors (Lipinski definition) is 1. The molecule has 2 N–H and O–H groups in total. The van der Waals surface area contributed by atoms with E-state index in [-0.39, 0.29) is 6.54 Å². The van der Waals surface area contributed by atoms with Gasteiger partial charge in [-0.25, -0.2) is 4.39 Å². The van der Waals surface area contributed by atoms with Crippen molar-refractivity contribution in [1.82, 2.24) is 0 Å². The molecular weight excluding hydrogens is 201 g/mol. The molecule has 0 bridgehead atoms. The molecule has 2 unspecified atom stereocenters. The van der Waals surface area contributed by atoms with Crippen LogP contribution >= 0.6 is 0 Å². The molecule has 0 spiro atoms. The molecule has 1 rings (SSSR count). The van der Waals surface area contributed by atoms with Crippen LogP contribution in [0.25, 0.3) is 0 Å². The molecule has 0 aliphatic heterocycles. The van der Waals surface area contributed by atoms with Gasteiger partial charge in [-0.05, 0) is 17.9 Å². The van der Waals surface area contributed by atoms with Gasteiger partial charge in [0.15, 0.2) is 0 Å². The molecule has 0 saturated carbocycles. The van der Waals surface area contributed by atoms with Crippen molar-refractivity contribution < 1.29 is 4.39 Å². The molecule has 1 aromatic rings. The summed E-state index contributed by atoms with van der Waals surface area (Å²) >= 11 is 0. The molecular formula is C14H22FN. The van der Waals surface area contributed by atoms with Crippen LogP contribution in [0, 0.1) is 5.92 Å². The highest BCUT2D eigenvalue weighted by atomic mass is 19.1. The third-order valence-electron chi connectivity index (χ3n) is 3.07. The molecule has 2 atom stereocenters. The van der Waals surface area contributed by atoms with Gasteiger partial charge in [0.25, 0.3) is 0 Å². The van der Waals surface area contributed by atoms with Crippen molar-refractivity contribution in [1.29, 1.82) is 0 Å². The number of rotatable bonds is 6. The number of alkyl halides is 1. The van der Waals surface area contributed by atoms with Crippen LogP contribution in [-0.2, 0) is 5.67 Å². The Morgan fingerprint density at radius 2 is 1.94 bits per heavy atom. The Morgan fingerprint density at radius 1 is 1.31 bits per heavy atom. The van der Waals surface area contributed by atoms with Gasteiger partial charge in [0.2, 0.25) is 0 Å². The van der Waals surface area contributed by atoms with Crippen molar-refractivity contribution in [3.8, 4) is 0 Å². The molecule has 0 fully saturated rings. The van der Waals surface area contributed by atoms with Crippen LogP contribution in [-0.4, -0.2) is 6.54 Å². The second kappa shape index (κ2) is 6.00. The fourth-order valence-corrected chi connectivity index (χ4v) is 2.20. The first-order valence-corrected chi connectivity index (χ1v) is 6.07. The van der Waals surface area contributed by atoms with Crippen LogP contribution in [0.1, 0.15) is 38.7 Å². The molecule has 16 heavy (non-hydrogen) atoms. The van der Waals surface area contributed by atoms with Crippen molar-refractivity contribution in [2.45, 2.75) is 38.8 Å². The van der Waals surface area contributed by atoms with Crippen LogP contribution in [0.2, 0.25) is 0 Å². The lowest BCUT2D eigenvalue weighted by atomic mass is 9.85. The van der Waals surface area contributed by atoms with Gasteiger partial charge in [0.1, 0.15) is 5.67 Å². The predicted molar refractivity (Wildman–Crippen MR) is 67.0 cm³/mol. The lowest BCUT2D eigenvalue weighted by molar-refractivity contribution is 0.133. The molecule has 1 nitrogen and oxygen atoms in total. The highest BCUT2D eigenvalue weighted by Crippen LogP contribution is 2.33. The highest BCUT2D eigenvalue weighted by molar-refractivity contribution is 5.22. The van der Waals surface area contributed by atoms with Gasteiger partial charge in [-0.2, -0.15) is 0 Å². The summed E-state index contributed by atoms with van der Waals surface area (Å²) in [7, 11) is 0. The van der Waals surface area contributed by atoms with Gasteiger partial charge in [-0.15, -0.1) is 0 Å². The first-order chi connectivity index (χ1) is 7.62. The second-order valence-electron chi connectivity index (χ2n) is 4.63. The third kappa shape index (κ3) is 3.31. The highest BCUT2D eigenvalue weighted by Gasteiger charge is 2.31. The van der Waals surface area contributed by atoms with E-state index in [4.69, 9.17) is 5.73 Å². The van der Waals surface area contributed by atoms with Gasteiger partial charge >= 0.3 is 0 Å². The fraction of sp³-hybridized carbons (Fsp3) is 0.571. The molecule has 1 aromatic carbocycles. The van der Waals surface area contributed by atoms with Crippen molar-refractivity contribution in [2.24, 2.45) is 11.7 Å². The van der Waals surface area contributed by atoms with Gasteiger partial charge < -0.3 is 5.73 Å². The van der Waals surface area contributed by atoms with Gasteiger partial charge in [-0.3, -0.25) is 0 Å². The minimum atomic E-state index is -1.37. The van der Waals surface area contributed by atoms with E-state index in [0.29, 0.717) is 17.9 Å². The van der Waals surface area contributed by atoms with Gasteiger partial charge in [-0.1, -0.05) is 57.0 Å². The summed E-state index contributed by atoms with van der Waals surface area (Å²) in [5.41, 5.74) is 4.95. The average Bonchev–Trinajstić information content (AvgIpc) is 2.30. The zero-order chi connectivity index (χ0) is 12.0. The first kappa shape index (κ1) is 13.2. The number of halogens is 1. The Balaban J connectivity index is 2.78. The van der Waals surface area contributed by atoms with Crippen molar-refractivity contribution in [2.75, 3.05) is 6.54 Å². The second-order valence-corrected chi connectivity index (χ2v) is 4.63. The fourth-order valence-electron chi connectivity index (χ4n) is 2.20. The summed E-state index contributed by atoms with van der Waals surface area (Å²) in [6.07, 6.45) is 2.66. The van der Waals surface area contributed by atoms with Crippen LogP contribution in [0.3, 0.4) is 0 Å². The Bertz CT molecular complexity index is 299. The Labute approximate surface area is 97.9 Å². The third-order valence-corrected chi connectivity index (χ3v) is 3.07. The zero-order valence-corrected chi connectivity index (χ0v) is 10.2. The molecule has 0 heterocycles. The summed E-state index contributed by atoms with van der Waals surface area (Å²) < 4.78 is 14.7. The quantitative estimate of drug-likeness (QED) is 0.783. The molecule has 0 saturated heterocycles. The summed E-state index contributed by atoms with van der Waals surface area (Å²) in [5, 5.41) is 0. The van der Waals surface area contributed by atoms with E-state index in [0.717, 1.165) is 12.8 Å². The molecule has 0 amide bonds. The lowest BCUT2D eigenvalue weighted by Crippen LogP contribution is -2.32. The van der Waals surface area contributed by atoms with Crippen LogP contribution < -0.4 is 5.73 Å². The Morgan fingerprint density at radius 3 is 2.44 bits per heavy atom. The molecule has 90 valence electrons. The maximum absolute atomic E-state index is 14.7. The summed E-state index contributed by atoms with van der Waals surface area (Å²) in [5.74, 6) is 0.374. The largest absolute Gasteiger partial charge is 0.327 e. The van der Waals surface area contributed by atoms with Crippen molar-refractivity contribution in [3.63, 3.8) is 0 Å². The average molecular weight is 223 g/mol. The summed E-state index contributed by atoms with van der Waals surface area (Å²) in [6.45, 7) is 4.28. The standard InChI is InChI=1S/C14H22FN/c1-3-7-12(2)10-14(15,11-16)13-8-5-4-6-9-13/h4-6,8-9,12H,3,7,10-11,16H2,1-2H3. The minimum Gasteiger partial charge on any atom is -0.327 e. The Kier molecular flexibility index (Phi) is 4.94. The van der Waals surface area contributed by atoms with Crippen LogP contribution in [0.15, 0.2) is 30.3 Å². The first-order valence-electron chi connectivity index (χ1n) is 6.07. The van der Waals surface area contributed by atoms with E-state index in [9.17, 15) is 4.39 Å². The van der Waals surface area contributed by atoms with Gasteiger partial charge in [0.05, 0.1) is 0 Å². The maximum atomic E-state index is 14.7. The maximum Gasteiger partial charge on any atom is 0.148 e. The lowest BCUT2D eigenvalue weighted by Gasteiger charge is -2.27. The SMILES string of the molecule is CCCC(C)CC(F)(CN)c1ccccc1. The smallest absolute Gasteiger partial charge is 0.148 e. The molecule has 0 radical (unpaired) electrons. The van der Waals surface area contributed by atoms with E-state index in [1.807, 2.05) is 30.3 Å². The zero-order valence-electron chi connectivity index (χ0n) is 10.2. The van der Waals surface area contributed by atoms with Crippen molar-refractivity contribution in [3.05, 3.63) is 35.9 Å². The topological polar surface area (TPSA) is 26.0 Å². The molecule has 0 aliphatic carbocycles. The van der Waals surface area contributed by atoms with Crippen LogP contribution in [0.5, 0.6) is 0 Å². The van der Waals surface area contributed by atoms with E-state index in [1.165, 1.54) is 0 Å². The van der Waals surface area contributed by atoms with Crippen molar-refractivity contribution >= 4 is 0 Å². The molecule has 2 heteroatoms. The summed E-state index contributed by atoms with van der Waals surface area (Å²) in [4.78, 5) is 0.